The van der Waals surface area contributed by atoms with Crippen molar-refractivity contribution in [2.75, 3.05) is 0 Å². The van der Waals surface area contributed by atoms with Crippen molar-refractivity contribution in [3.8, 4) is 0 Å². The van der Waals surface area contributed by atoms with Crippen LogP contribution < -0.4 is 11.5 Å². The summed E-state index contributed by atoms with van der Waals surface area (Å²) < 4.78 is 4.88. The predicted octanol–water partition coefficient (Wildman–Crippen LogP) is 0.742. The lowest BCUT2D eigenvalue weighted by Crippen LogP contribution is -2.30. The summed E-state index contributed by atoms with van der Waals surface area (Å²) in [5, 5.41) is 0. The van der Waals surface area contributed by atoms with Crippen LogP contribution in [0.1, 0.15) is 39.5 Å². The van der Waals surface area contributed by atoms with Gasteiger partial charge in [0, 0.05) is 6.04 Å². The second kappa shape index (κ2) is 6.86. The van der Waals surface area contributed by atoms with Crippen LogP contribution in [0.5, 0.6) is 0 Å². The number of carbonyl (C=O) groups is 1. The molecule has 0 aliphatic rings. The highest BCUT2D eigenvalue weighted by Crippen LogP contribution is 2.01. The summed E-state index contributed by atoms with van der Waals surface area (Å²) in [7, 11) is 0. The largest absolute Gasteiger partial charge is 0.447 e. The first-order chi connectivity index (χ1) is 6.10. The summed E-state index contributed by atoms with van der Waals surface area (Å²) in [5.41, 5.74) is 11.1. The SMILES string of the molecule is CCCC(N)CC(=O)OC(N)CC. The average molecular weight is 188 g/mol. The van der Waals surface area contributed by atoms with E-state index in [1.807, 2.05) is 13.8 Å². The van der Waals surface area contributed by atoms with Crippen molar-refractivity contribution in [3.05, 3.63) is 0 Å². The minimum Gasteiger partial charge on any atom is -0.447 e. The van der Waals surface area contributed by atoms with Crippen LogP contribution in [-0.2, 0) is 9.53 Å². The van der Waals surface area contributed by atoms with E-state index in [4.69, 9.17) is 16.2 Å². The van der Waals surface area contributed by atoms with E-state index in [0.717, 1.165) is 12.8 Å². The monoisotopic (exact) mass is 188 g/mol. The van der Waals surface area contributed by atoms with Crippen LogP contribution >= 0.6 is 0 Å². The van der Waals surface area contributed by atoms with Crippen molar-refractivity contribution in [1.82, 2.24) is 0 Å². The van der Waals surface area contributed by atoms with E-state index in [2.05, 4.69) is 0 Å². The Hall–Kier alpha value is -0.610. The second-order valence-electron chi connectivity index (χ2n) is 3.19. The normalized spacial score (nSPS) is 15.1. The lowest BCUT2D eigenvalue weighted by molar-refractivity contribution is -0.149. The third-order valence-electron chi connectivity index (χ3n) is 1.77. The molecule has 4 N–H and O–H groups in total. The molecule has 0 saturated carbocycles. The van der Waals surface area contributed by atoms with Crippen LogP contribution in [0.25, 0.3) is 0 Å². The van der Waals surface area contributed by atoms with Gasteiger partial charge < -0.3 is 10.5 Å². The van der Waals surface area contributed by atoms with E-state index in [1.165, 1.54) is 0 Å². The lowest BCUT2D eigenvalue weighted by atomic mass is 10.1. The van der Waals surface area contributed by atoms with Gasteiger partial charge in [0.2, 0.25) is 0 Å². The average Bonchev–Trinajstić information content (AvgIpc) is 2.04. The highest BCUT2D eigenvalue weighted by Gasteiger charge is 2.12. The maximum Gasteiger partial charge on any atom is 0.308 e. The topological polar surface area (TPSA) is 78.3 Å². The zero-order chi connectivity index (χ0) is 10.3. The molecule has 2 atom stereocenters. The van der Waals surface area contributed by atoms with Gasteiger partial charge in [-0.25, -0.2) is 0 Å². The van der Waals surface area contributed by atoms with Crippen LogP contribution in [0.2, 0.25) is 0 Å². The quantitative estimate of drug-likeness (QED) is 0.476. The molecule has 0 rings (SSSR count). The Morgan fingerprint density at radius 2 is 2.00 bits per heavy atom. The number of esters is 1. The van der Waals surface area contributed by atoms with Crippen LogP contribution in [0.15, 0.2) is 0 Å². The van der Waals surface area contributed by atoms with Crippen molar-refractivity contribution < 1.29 is 9.53 Å². The molecule has 0 aliphatic heterocycles. The smallest absolute Gasteiger partial charge is 0.308 e. The molecule has 0 spiro atoms. The Morgan fingerprint density at radius 1 is 1.38 bits per heavy atom. The lowest BCUT2D eigenvalue weighted by Gasteiger charge is -2.13. The Balaban J connectivity index is 3.61. The van der Waals surface area contributed by atoms with E-state index in [9.17, 15) is 4.79 Å². The van der Waals surface area contributed by atoms with Crippen molar-refractivity contribution in [2.24, 2.45) is 11.5 Å². The molecular formula is C9H20N2O2. The Bertz CT molecular complexity index is 151. The molecule has 0 aromatic heterocycles. The number of ether oxygens (including phenoxy) is 1. The van der Waals surface area contributed by atoms with Gasteiger partial charge in [0.1, 0.15) is 0 Å². The number of hydrogen-bond acceptors (Lipinski definition) is 4. The fraction of sp³-hybridized carbons (Fsp3) is 0.889. The molecule has 0 aromatic rings. The molecule has 0 heterocycles. The zero-order valence-corrected chi connectivity index (χ0v) is 8.45. The third-order valence-corrected chi connectivity index (χ3v) is 1.77. The first-order valence-corrected chi connectivity index (χ1v) is 4.80. The van der Waals surface area contributed by atoms with Gasteiger partial charge in [0.05, 0.1) is 6.42 Å². The predicted molar refractivity (Wildman–Crippen MR) is 51.9 cm³/mol. The zero-order valence-electron chi connectivity index (χ0n) is 8.45. The molecule has 0 amide bonds. The van der Waals surface area contributed by atoms with Crippen LogP contribution in [0, 0.1) is 0 Å². The van der Waals surface area contributed by atoms with E-state index in [-0.39, 0.29) is 18.4 Å². The number of rotatable bonds is 6. The second-order valence-corrected chi connectivity index (χ2v) is 3.19. The van der Waals surface area contributed by atoms with Gasteiger partial charge in [0.25, 0.3) is 0 Å². The minimum atomic E-state index is -0.485. The number of hydrogen-bond donors (Lipinski definition) is 2. The Labute approximate surface area is 79.6 Å². The molecule has 0 radical (unpaired) electrons. The van der Waals surface area contributed by atoms with Crippen molar-refractivity contribution in [1.29, 1.82) is 0 Å². The maximum atomic E-state index is 11.1. The van der Waals surface area contributed by atoms with E-state index < -0.39 is 6.23 Å². The molecule has 4 nitrogen and oxygen atoms in total. The van der Waals surface area contributed by atoms with Crippen LogP contribution in [0.4, 0.5) is 0 Å². The van der Waals surface area contributed by atoms with E-state index in [0.29, 0.717) is 6.42 Å². The van der Waals surface area contributed by atoms with Crippen molar-refractivity contribution >= 4 is 5.97 Å². The first kappa shape index (κ1) is 12.4. The molecule has 0 bridgehead atoms. The highest BCUT2D eigenvalue weighted by atomic mass is 16.6. The van der Waals surface area contributed by atoms with Gasteiger partial charge in [0.15, 0.2) is 6.23 Å². The molecule has 13 heavy (non-hydrogen) atoms. The molecule has 0 aliphatic carbocycles. The fourth-order valence-corrected chi connectivity index (χ4v) is 0.987. The summed E-state index contributed by atoms with van der Waals surface area (Å²) in [6, 6.07) is -0.0958. The van der Waals surface area contributed by atoms with Crippen molar-refractivity contribution in [3.63, 3.8) is 0 Å². The van der Waals surface area contributed by atoms with Gasteiger partial charge >= 0.3 is 5.97 Å². The number of nitrogens with two attached hydrogens (primary N) is 2. The molecule has 0 fully saturated rings. The molecular weight excluding hydrogens is 168 g/mol. The fourth-order valence-electron chi connectivity index (χ4n) is 0.987. The van der Waals surface area contributed by atoms with Gasteiger partial charge in [-0.3, -0.25) is 10.5 Å². The van der Waals surface area contributed by atoms with Gasteiger partial charge in [-0.15, -0.1) is 0 Å². The Kier molecular flexibility index (Phi) is 6.54. The minimum absolute atomic E-state index is 0.0958. The van der Waals surface area contributed by atoms with Gasteiger partial charge in [-0.05, 0) is 12.8 Å². The maximum absolute atomic E-state index is 11.1. The molecule has 0 saturated heterocycles. The van der Waals surface area contributed by atoms with Gasteiger partial charge in [-0.2, -0.15) is 0 Å². The van der Waals surface area contributed by atoms with E-state index >= 15 is 0 Å². The number of carbonyl (C=O) groups excluding carboxylic acids is 1. The Morgan fingerprint density at radius 3 is 2.46 bits per heavy atom. The molecule has 78 valence electrons. The standard InChI is InChI=1S/C9H20N2O2/c1-3-5-7(10)6-9(12)13-8(11)4-2/h7-8H,3-6,10-11H2,1-2H3. The first-order valence-electron chi connectivity index (χ1n) is 4.80. The summed E-state index contributed by atoms with van der Waals surface area (Å²) in [5.74, 6) is -0.296. The van der Waals surface area contributed by atoms with Crippen LogP contribution in [-0.4, -0.2) is 18.2 Å². The highest BCUT2D eigenvalue weighted by molar-refractivity contribution is 5.70. The van der Waals surface area contributed by atoms with E-state index in [1.54, 1.807) is 0 Å². The van der Waals surface area contributed by atoms with Crippen LogP contribution in [0.3, 0.4) is 0 Å². The molecule has 4 heteroatoms. The molecule has 0 aromatic carbocycles. The summed E-state index contributed by atoms with van der Waals surface area (Å²) >= 11 is 0. The summed E-state index contributed by atoms with van der Waals surface area (Å²) in [6.45, 7) is 3.90. The summed E-state index contributed by atoms with van der Waals surface area (Å²) in [4.78, 5) is 11.1. The third kappa shape index (κ3) is 6.54. The summed E-state index contributed by atoms with van der Waals surface area (Å²) in [6.07, 6.45) is 2.24. The van der Waals surface area contributed by atoms with Crippen molar-refractivity contribution in [2.45, 2.75) is 51.8 Å². The molecule has 2 unspecified atom stereocenters. The van der Waals surface area contributed by atoms with Gasteiger partial charge in [-0.1, -0.05) is 20.3 Å².